The van der Waals surface area contributed by atoms with E-state index in [0.717, 1.165) is 23.7 Å². The number of nitrogens with one attached hydrogen (secondary N) is 1. The number of rotatable bonds is 7. The average Bonchev–Trinajstić information content (AvgIpc) is 2.95. The fourth-order valence-electron chi connectivity index (χ4n) is 1.78. The summed E-state index contributed by atoms with van der Waals surface area (Å²) in [4.78, 5) is 0. The number of hydrogen-bond acceptors (Lipinski definition) is 3. The summed E-state index contributed by atoms with van der Waals surface area (Å²) in [5, 5.41) is 8.50. The summed E-state index contributed by atoms with van der Waals surface area (Å²) in [6.45, 7) is 3.78. The minimum absolute atomic E-state index is 0.238. The maximum atomic E-state index is 5.86. The predicted molar refractivity (Wildman–Crippen MR) is 82.3 cm³/mol. The molecule has 0 bridgehead atoms. The van der Waals surface area contributed by atoms with Crippen LogP contribution in [-0.2, 0) is 0 Å². The molecule has 0 saturated heterocycles. The maximum absolute atomic E-state index is 5.86. The van der Waals surface area contributed by atoms with Crippen molar-refractivity contribution in [3.8, 4) is 5.75 Å². The Balaban J connectivity index is 1.94. The van der Waals surface area contributed by atoms with Gasteiger partial charge in [0.25, 0.3) is 0 Å². The lowest BCUT2D eigenvalue weighted by Crippen LogP contribution is -2.27. The van der Waals surface area contributed by atoms with E-state index in [1.165, 1.54) is 5.56 Å². The van der Waals surface area contributed by atoms with Gasteiger partial charge in [-0.3, -0.25) is 0 Å². The Kier molecular flexibility index (Phi) is 5.70. The molecule has 1 aromatic heterocycles. The summed E-state index contributed by atoms with van der Waals surface area (Å²) in [5.41, 5.74) is 1.28. The van der Waals surface area contributed by atoms with Gasteiger partial charge in [0.05, 0.1) is 6.04 Å². The van der Waals surface area contributed by atoms with Gasteiger partial charge in [-0.15, -0.1) is 0 Å². The summed E-state index contributed by atoms with van der Waals surface area (Å²) < 4.78 is 5.83. The molecule has 0 aliphatic heterocycles. The van der Waals surface area contributed by atoms with E-state index in [0.29, 0.717) is 6.61 Å². The quantitative estimate of drug-likeness (QED) is 0.811. The van der Waals surface area contributed by atoms with Crippen LogP contribution >= 0.6 is 22.9 Å². The first-order valence-electron chi connectivity index (χ1n) is 6.43. The Morgan fingerprint density at radius 1 is 1.26 bits per heavy atom. The van der Waals surface area contributed by atoms with Crippen molar-refractivity contribution in [3.63, 3.8) is 0 Å². The molecular formula is C15H18ClNOS. The van der Waals surface area contributed by atoms with Gasteiger partial charge in [0.15, 0.2) is 0 Å². The molecule has 0 saturated carbocycles. The third-order valence-electron chi connectivity index (χ3n) is 2.82. The molecule has 19 heavy (non-hydrogen) atoms. The SMILES string of the molecule is CCCNC(COc1ccc(Cl)cc1)c1ccsc1. The summed E-state index contributed by atoms with van der Waals surface area (Å²) >= 11 is 7.57. The Bertz CT molecular complexity index is 469. The fraction of sp³-hybridized carbons (Fsp3) is 0.333. The molecule has 0 radical (unpaired) electrons. The Morgan fingerprint density at radius 2 is 2.05 bits per heavy atom. The lowest BCUT2D eigenvalue weighted by Gasteiger charge is -2.18. The molecule has 1 heterocycles. The topological polar surface area (TPSA) is 21.3 Å². The highest BCUT2D eigenvalue weighted by Crippen LogP contribution is 2.20. The van der Waals surface area contributed by atoms with E-state index in [1.807, 2.05) is 24.3 Å². The lowest BCUT2D eigenvalue weighted by molar-refractivity contribution is 0.266. The largest absolute Gasteiger partial charge is 0.492 e. The van der Waals surface area contributed by atoms with Crippen LogP contribution in [0.2, 0.25) is 5.02 Å². The van der Waals surface area contributed by atoms with Gasteiger partial charge in [-0.05, 0) is 59.6 Å². The normalized spacial score (nSPS) is 12.3. The Hall–Kier alpha value is -1.03. The first-order valence-corrected chi connectivity index (χ1v) is 7.75. The molecule has 0 spiro atoms. The van der Waals surface area contributed by atoms with Crippen molar-refractivity contribution in [3.05, 3.63) is 51.7 Å². The van der Waals surface area contributed by atoms with Crippen LogP contribution in [0.15, 0.2) is 41.1 Å². The zero-order chi connectivity index (χ0) is 13.5. The van der Waals surface area contributed by atoms with Gasteiger partial charge < -0.3 is 10.1 Å². The smallest absolute Gasteiger partial charge is 0.119 e. The maximum Gasteiger partial charge on any atom is 0.119 e. The summed E-state index contributed by atoms with van der Waals surface area (Å²) in [6.07, 6.45) is 1.11. The molecule has 1 N–H and O–H groups in total. The minimum atomic E-state index is 0.238. The molecule has 0 aliphatic carbocycles. The van der Waals surface area contributed by atoms with Crippen LogP contribution in [0.4, 0.5) is 0 Å². The summed E-state index contributed by atoms with van der Waals surface area (Å²) in [7, 11) is 0. The van der Waals surface area contributed by atoms with Crippen LogP contribution in [0.3, 0.4) is 0 Å². The summed E-state index contributed by atoms with van der Waals surface area (Å²) in [5.74, 6) is 0.850. The third kappa shape index (κ3) is 4.53. The molecule has 0 amide bonds. The molecule has 0 aliphatic rings. The van der Waals surface area contributed by atoms with Gasteiger partial charge in [0, 0.05) is 5.02 Å². The zero-order valence-corrected chi connectivity index (χ0v) is 12.5. The van der Waals surface area contributed by atoms with Crippen LogP contribution in [0, 0.1) is 0 Å². The van der Waals surface area contributed by atoms with Crippen LogP contribution in [0.25, 0.3) is 0 Å². The van der Waals surface area contributed by atoms with Gasteiger partial charge >= 0.3 is 0 Å². The molecule has 1 unspecified atom stereocenters. The average molecular weight is 296 g/mol. The number of ether oxygens (including phenoxy) is 1. The number of benzene rings is 1. The Morgan fingerprint density at radius 3 is 2.68 bits per heavy atom. The first-order chi connectivity index (χ1) is 9.29. The summed E-state index contributed by atoms with van der Waals surface area (Å²) in [6, 6.07) is 9.86. The fourth-order valence-corrected chi connectivity index (χ4v) is 2.62. The Labute approximate surface area is 123 Å². The van der Waals surface area contributed by atoms with E-state index in [2.05, 4.69) is 29.1 Å². The molecular weight excluding hydrogens is 278 g/mol. The van der Waals surface area contributed by atoms with E-state index in [4.69, 9.17) is 16.3 Å². The van der Waals surface area contributed by atoms with E-state index in [-0.39, 0.29) is 6.04 Å². The highest BCUT2D eigenvalue weighted by Gasteiger charge is 2.11. The number of hydrogen-bond donors (Lipinski definition) is 1. The molecule has 2 nitrogen and oxygen atoms in total. The second-order valence-electron chi connectivity index (χ2n) is 4.33. The van der Waals surface area contributed by atoms with Crippen molar-refractivity contribution in [2.24, 2.45) is 0 Å². The van der Waals surface area contributed by atoms with Crippen molar-refractivity contribution >= 4 is 22.9 Å². The molecule has 4 heteroatoms. The second kappa shape index (κ2) is 7.53. The van der Waals surface area contributed by atoms with Crippen molar-refractivity contribution < 1.29 is 4.74 Å². The lowest BCUT2D eigenvalue weighted by atomic mass is 10.1. The van der Waals surface area contributed by atoms with Crippen LogP contribution in [0.1, 0.15) is 24.9 Å². The molecule has 2 rings (SSSR count). The highest BCUT2D eigenvalue weighted by molar-refractivity contribution is 7.07. The van der Waals surface area contributed by atoms with Crippen molar-refractivity contribution in [1.29, 1.82) is 0 Å². The van der Waals surface area contributed by atoms with Crippen molar-refractivity contribution in [2.45, 2.75) is 19.4 Å². The van der Waals surface area contributed by atoms with Gasteiger partial charge in [-0.2, -0.15) is 11.3 Å². The first kappa shape index (κ1) is 14.4. The van der Waals surface area contributed by atoms with E-state index < -0.39 is 0 Å². The number of thiophene rings is 1. The van der Waals surface area contributed by atoms with Gasteiger partial charge in [0.1, 0.15) is 12.4 Å². The van der Waals surface area contributed by atoms with Gasteiger partial charge in [-0.25, -0.2) is 0 Å². The van der Waals surface area contributed by atoms with Gasteiger partial charge in [-0.1, -0.05) is 18.5 Å². The van der Waals surface area contributed by atoms with Crippen molar-refractivity contribution in [1.82, 2.24) is 5.32 Å². The molecule has 1 atom stereocenters. The molecule has 0 fully saturated rings. The highest BCUT2D eigenvalue weighted by atomic mass is 35.5. The second-order valence-corrected chi connectivity index (χ2v) is 5.54. The predicted octanol–water partition coefficient (Wildman–Crippen LogP) is 4.52. The van der Waals surface area contributed by atoms with E-state index in [1.54, 1.807) is 11.3 Å². The standard InChI is InChI=1S/C15H18ClNOS/c1-2-8-17-15(12-7-9-19-11-12)10-18-14-5-3-13(16)4-6-14/h3-7,9,11,15,17H,2,8,10H2,1H3. The van der Waals surface area contributed by atoms with E-state index in [9.17, 15) is 0 Å². The van der Waals surface area contributed by atoms with Crippen LogP contribution < -0.4 is 10.1 Å². The third-order valence-corrected chi connectivity index (χ3v) is 3.77. The van der Waals surface area contributed by atoms with Crippen LogP contribution in [-0.4, -0.2) is 13.2 Å². The van der Waals surface area contributed by atoms with Gasteiger partial charge in [0.2, 0.25) is 0 Å². The monoisotopic (exact) mass is 295 g/mol. The van der Waals surface area contributed by atoms with Crippen molar-refractivity contribution in [2.75, 3.05) is 13.2 Å². The molecule has 1 aromatic carbocycles. The van der Waals surface area contributed by atoms with E-state index >= 15 is 0 Å². The zero-order valence-electron chi connectivity index (χ0n) is 10.9. The molecule has 2 aromatic rings. The van der Waals surface area contributed by atoms with Crippen LogP contribution in [0.5, 0.6) is 5.75 Å². The number of halogens is 1. The minimum Gasteiger partial charge on any atom is -0.492 e. The molecule has 102 valence electrons.